The first-order valence-corrected chi connectivity index (χ1v) is 22.0. The van der Waals surface area contributed by atoms with Crippen LogP contribution in [0.2, 0.25) is 0 Å². The number of para-hydroxylation sites is 2. The molecule has 1 heterocycles. The molecule has 0 N–H and O–H groups in total. The molecule has 0 aliphatic rings. The fourth-order valence-corrected chi connectivity index (χ4v) is 9.70. The highest BCUT2D eigenvalue weighted by Gasteiger charge is 2.18. The Morgan fingerprint density at radius 2 is 0.781 bits per heavy atom. The molecule has 12 rings (SSSR count). The molecule has 0 saturated carbocycles. The summed E-state index contributed by atoms with van der Waals surface area (Å²) in [5, 5.41) is 7.59. The predicted molar refractivity (Wildman–Crippen MR) is 272 cm³/mol. The summed E-state index contributed by atoms with van der Waals surface area (Å²) in [5.74, 6) is 0. The molecule has 0 amide bonds. The molecule has 0 unspecified atom stereocenters. The van der Waals surface area contributed by atoms with Gasteiger partial charge in [0.15, 0.2) is 0 Å². The minimum atomic E-state index is 1.09. The quantitative estimate of drug-likeness (QED) is 0.139. The second-order valence-corrected chi connectivity index (χ2v) is 16.5. The summed E-state index contributed by atoms with van der Waals surface area (Å²) >= 11 is 0. The number of nitrogens with zero attached hydrogens (tertiary/aromatic N) is 2. The lowest BCUT2D eigenvalue weighted by Gasteiger charge is -2.27. The smallest absolute Gasteiger partial charge is 0.0547 e. The third kappa shape index (κ3) is 6.61. The normalized spacial score (nSPS) is 11.4. The Morgan fingerprint density at radius 1 is 0.266 bits per heavy atom. The van der Waals surface area contributed by atoms with Crippen molar-refractivity contribution in [1.29, 1.82) is 0 Å². The predicted octanol–water partition coefficient (Wildman–Crippen LogP) is 17.2. The number of hydrogen-bond acceptors (Lipinski definition) is 1. The Labute approximate surface area is 373 Å². The number of fused-ring (bicyclic) bond motifs is 6. The molecule has 0 atom stereocenters. The number of anilines is 3. The summed E-state index contributed by atoms with van der Waals surface area (Å²) in [4.78, 5) is 2.38. The second-order valence-electron chi connectivity index (χ2n) is 16.5. The molecule has 12 aromatic rings. The lowest BCUT2D eigenvalue weighted by atomic mass is 9.95. The van der Waals surface area contributed by atoms with Crippen molar-refractivity contribution in [3.05, 3.63) is 255 Å². The Bertz CT molecular complexity index is 3660. The molecule has 2 nitrogen and oxygen atoms in total. The minimum absolute atomic E-state index is 1.09. The maximum absolute atomic E-state index is 2.39. The molecule has 0 bridgehead atoms. The van der Waals surface area contributed by atoms with Crippen molar-refractivity contribution in [2.24, 2.45) is 0 Å². The van der Waals surface area contributed by atoms with E-state index in [9.17, 15) is 0 Å². The number of benzene rings is 11. The molecule has 2 heteroatoms. The van der Waals surface area contributed by atoms with Crippen molar-refractivity contribution < 1.29 is 0 Å². The van der Waals surface area contributed by atoms with Gasteiger partial charge in [0.25, 0.3) is 0 Å². The van der Waals surface area contributed by atoms with E-state index in [-0.39, 0.29) is 0 Å². The van der Waals surface area contributed by atoms with Crippen LogP contribution < -0.4 is 4.90 Å². The lowest BCUT2D eigenvalue weighted by molar-refractivity contribution is 1.18. The Morgan fingerprint density at radius 3 is 1.56 bits per heavy atom. The summed E-state index contributed by atoms with van der Waals surface area (Å²) in [5.41, 5.74) is 16.3. The van der Waals surface area contributed by atoms with Gasteiger partial charge < -0.3 is 9.47 Å². The average Bonchev–Trinajstić information content (AvgIpc) is 3.72. The zero-order valence-corrected chi connectivity index (χ0v) is 35.1. The van der Waals surface area contributed by atoms with E-state index < -0.39 is 0 Å². The molecular formula is C62H42N2. The van der Waals surface area contributed by atoms with Gasteiger partial charge in [0.2, 0.25) is 0 Å². The number of aromatic nitrogens is 1. The topological polar surface area (TPSA) is 8.17 Å². The van der Waals surface area contributed by atoms with E-state index in [1.165, 1.54) is 82.3 Å². The van der Waals surface area contributed by atoms with Gasteiger partial charge in [-0.2, -0.15) is 0 Å². The Hall–Kier alpha value is -8.46. The van der Waals surface area contributed by atoms with E-state index in [2.05, 4.69) is 264 Å². The zero-order chi connectivity index (χ0) is 42.4. The van der Waals surface area contributed by atoms with E-state index in [4.69, 9.17) is 0 Å². The summed E-state index contributed by atoms with van der Waals surface area (Å²) in [6.07, 6.45) is 0. The maximum atomic E-state index is 2.39. The fourth-order valence-electron chi connectivity index (χ4n) is 9.70. The summed E-state index contributed by atoms with van der Waals surface area (Å²) in [6, 6.07) is 92.6. The van der Waals surface area contributed by atoms with Gasteiger partial charge in [-0.15, -0.1) is 0 Å². The van der Waals surface area contributed by atoms with Crippen LogP contribution in [0.3, 0.4) is 0 Å². The highest BCUT2D eigenvalue weighted by atomic mass is 15.1. The van der Waals surface area contributed by atoms with E-state index in [0.717, 1.165) is 28.3 Å². The minimum Gasteiger partial charge on any atom is -0.310 e. The van der Waals surface area contributed by atoms with Gasteiger partial charge in [0.05, 0.1) is 11.0 Å². The van der Waals surface area contributed by atoms with Crippen LogP contribution in [0, 0.1) is 0 Å². The third-order valence-corrected chi connectivity index (χ3v) is 12.7. The molecule has 1 aromatic heterocycles. The molecule has 300 valence electrons. The largest absolute Gasteiger partial charge is 0.310 e. The monoisotopic (exact) mass is 814 g/mol. The molecule has 0 radical (unpaired) electrons. The van der Waals surface area contributed by atoms with Crippen LogP contribution in [0.5, 0.6) is 0 Å². The fraction of sp³-hybridized carbons (Fsp3) is 0. The van der Waals surface area contributed by atoms with Crippen LogP contribution >= 0.6 is 0 Å². The van der Waals surface area contributed by atoms with Crippen LogP contribution in [-0.4, -0.2) is 4.57 Å². The third-order valence-electron chi connectivity index (χ3n) is 12.7. The summed E-state index contributed by atoms with van der Waals surface area (Å²) in [6.45, 7) is 0. The molecule has 0 aliphatic carbocycles. The molecular weight excluding hydrogens is 773 g/mol. The van der Waals surface area contributed by atoms with Crippen LogP contribution in [0.1, 0.15) is 0 Å². The van der Waals surface area contributed by atoms with Gasteiger partial charge in [0, 0.05) is 33.5 Å². The van der Waals surface area contributed by atoms with Crippen LogP contribution in [0.25, 0.3) is 93.5 Å². The summed E-state index contributed by atoms with van der Waals surface area (Å²) < 4.78 is 2.39. The van der Waals surface area contributed by atoms with Gasteiger partial charge in [-0.1, -0.05) is 182 Å². The SMILES string of the molecule is c1ccc(-c2cccc(N(c3ccc(-c4ccc5c(ccc6ccccc65)c4)cc3)c3cccc(-c4cccc(-c5cccc6c5c5ccccc5n6-c5ccccc5)c4)c3)c2)cc1. The van der Waals surface area contributed by atoms with Gasteiger partial charge in [-0.3, -0.25) is 0 Å². The van der Waals surface area contributed by atoms with Crippen LogP contribution in [0.4, 0.5) is 17.1 Å². The zero-order valence-electron chi connectivity index (χ0n) is 35.1. The molecule has 0 spiro atoms. The van der Waals surface area contributed by atoms with E-state index in [1.807, 2.05) is 0 Å². The van der Waals surface area contributed by atoms with E-state index in [1.54, 1.807) is 0 Å². The number of rotatable bonds is 8. The highest BCUT2D eigenvalue weighted by Crippen LogP contribution is 2.42. The molecule has 64 heavy (non-hydrogen) atoms. The van der Waals surface area contributed by atoms with Crippen molar-refractivity contribution in [1.82, 2.24) is 4.57 Å². The van der Waals surface area contributed by atoms with Crippen molar-refractivity contribution in [2.75, 3.05) is 4.90 Å². The second kappa shape index (κ2) is 15.8. The number of hydrogen-bond donors (Lipinski definition) is 0. The van der Waals surface area contributed by atoms with Crippen molar-refractivity contribution in [2.45, 2.75) is 0 Å². The van der Waals surface area contributed by atoms with Crippen molar-refractivity contribution in [3.8, 4) is 50.2 Å². The average molecular weight is 815 g/mol. The van der Waals surface area contributed by atoms with Crippen LogP contribution in [-0.2, 0) is 0 Å². The van der Waals surface area contributed by atoms with Gasteiger partial charge in [-0.05, 0) is 139 Å². The summed E-state index contributed by atoms with van der Waals surface area (Å²) in [7, 11) is 0. The highest BCUT2D eigenvalue weighted by molar-refractivity contribution is 6.16. The van der Waals surface area contributed by atoms with Crippen LogP contribution in [0.15, 0.2) is 255 Å². The molecule has 0 fully saturated rings. The van der Waals surface area contributed by atoms with Gasteiger partial charge in [0.1, 0.15) is 0 Å². The molecule has 0 aliphatic heterocycles. The molecule has 0 saturated heterocycles. The first-order chi connectivity index (χ1) is 31.7. The van der Waals surface area contributed by atoms with Gasteiger partial charge >= 0.3 is 0 Å². The maximum Gasteiger partial charge on any atom is 0.0547 e. The van der Waals surface area contributed by atoms with Gasteiger partial charge in [-0.25, -0.2) is 0 Å². The first-order valence-electron chi connectivity index (χ1n) is 22.0. The first kappa shape index (κ1) is 37.3. The molecule has 11 aromatic carbocycles. The Balaban J connectivity index is 0.949. The Kier molecular flexibility index (Phi) is 9.20. The van der Waals surface area contributed by atoms with E-state index >= 15 is 0 Å². The lowest BCUT2D eigenvalue weighted by Crippen LogP contribution is -2.10. The van der Waals surface area contributed by atoms with Crippen molar-refractivity contribution in [3.63, 3.8) is 0 Å². The standard InChI is InChI=1S/C62H42N2/c1-3-15-43(16-4-1)47-19-12-24-54(41-47)63(53-36-33-44(34-37-53)49-35-38-57-51(40-49)32-31-45-17-7-8-26-56(45)57)55-25-13-20-48(42-55)46-18-11-21-50(39-46)58-28-14-30-61-62(58)59-27-9-10-29-60(59)64(61)52-22-5-2-6-23-52/h1-42H. The van der Waals surface area contributed by atoms with E-state index in [0.29, 0.717) is 0 Å². The van der Waals surface area contributed by atoms with Crippen molar-refractivity contribution >= 4 is 60.4 Å².